The van der Waals surface area contributed by atoms with Gasteiger partial charge in [0.1, 0.15) is 0 Å². The van der Waals surface area contributed by atoms with Gasteiger partial charge in [-0.05, 0) is 37.2 Å². The summed E-state index contributed by atoms with van der Waals surface area (Å²) in [4.78, 5) is 11.3. The lowest BCUT2D eigenvalue weighted by atomic mass is 9.96. The number of carboxylic acids is 1. The second kappa shape index (κ2) is 5.38. The summed E-state index contributed by atoms with van der Waals surface area (Å²) < 4.78 is 11.1. The van der Waals surface area contributed by atoms with Gasteiger partial charge in [-0.2, -0.15) is 11.8 Å². The molecule has 0 aromatic heterocycles. The van der Waals surface area contributed by atoms with Crippen molar-refractivity contribution in [2.75, 3.05) is 24.7 Å². The number of hydrogen-bond acceptors (Lipinski definition) is 4. The number of thioether (sulfide) groups is 1. The molecule has 0 radical (unpaired) electrons. The van der Waals surface area contributed by atoms with Crippen molar-refractivity contribution in [2.45, 2.75) is 37.4 Å². The molecule has 92 valence electrons. The summed E-state index contributed by atoms with van der Waals surface area (Å²) in [5.41, 5.74) is -0.947. The molecule has 0 bridgehead atoms. The van der Waals surface area contributed by atoms with Gasteiger partial charge in [0.15, 0.2) is 5.60 Å². The SMILES string of the molecule is O=C(O)C1(OCC2CCCO2)CCSCC1. The lowest BCUT2D eigenvalue weighted by Gasteiger charge is -2.33. The van der Waals surface area contributed by atoms with Crippen LogP contribution in [-0.2, 0) is 14.3 Å². The highest BCUT2D eigenvalue weighted by atomic mass is 32.2. The van der Waals surface area contributed by atoms with Crippen LogP contribution in [0.5, 0.6) is 0 Å². The molecule has 0 aromatic rings. The van der Waals surface area contributed by atoms with Crippen LogP contribution in [0.25, 0.3) is 0 Å². The van der Waals surface area contributed by atoms with Crippen molar-refractivity contribution in [2.24, 2.45) is 0 Å². The van der Waals surface area contributed by atoms with Gasteiger partial charge in [0.2, 0.25) is 0 Å². The molecule has 1 unspecified atom stereocenters. The topological polar surface area (TPSA) is 55.8 Å². The van der Waals surface area contributed by atoms with Gasteiger partial charge in [-0.15, -0.1) is 0 Å². The third-order valence-corrected chi connectivity index (χ3v) is 4.25. The Morgan fingerprint density at radius 3 is 2.81 bits per heavy atom. The first-order valence-corrected chi connectivity index (χ1v) is 6.95. The van der Waals surface area contributed by atoms with Crippen molar-refractivity contribution in [3.8, 4) is 0 Å². The number of aliphatic carboxylic acids is 1. The van der Waals surface area contributed by atoms with Gasteiger partial charge in [0.25, 0.3) is 0 Å². The Labute approximate surface area is 99.7 Å². The third kappa shape index (κ3) is 2.70. The first kappa shape index (κ1) is 12.2. The molecule has 2 saturated heterocycles. The van der Waals surface area contributed by atoms with Gasteiger partial charge in [-0.3, -0.25) is 0 Å². The van der Waals surface area contributed by atoms with E-state index in [0.29, 0.717) is 19.4 Å². The molecule has 0 aliphatic carbocycles. The van der Waals surface area contributed by atoms with Crippen molar-refractivity contribution < 1.29 is 19.4 Å². The second-order valence-corrected chi connectivity index (χ2v) is 5.58. The third-order valence-electron chi connectivity index (χ3n) is 3.26. The van der Waals surface area contributed by atoms with E-state index in [1.54, 1.807) is 11.8 Å². The summed E-state index contributed by atoms with van der Waals surface area (Å²) in [6.45, 7) is 1.21. The molecule has 2 aliphatic heterocycles. The minimum absolute atomic E-state index is 0.103. The van der Waals surface area contributed by atoms with Crippen molar-refractivity contribution >= 4 is 17.7 Å². The fourth-order valence-electron chi connectivity index (χ4n) is 2.15. The van der Waals surface area contributed by atoms with Crippen LogP contribution in [0.1, 0.15) is 25.7 Å². The molecule has 0 aromatic carbocycles. The van der Waals surface area contributed by atoms with E-state index in [2.05, 4.69) is 0 Å². The number of hydrogen-bond donors (Lipinski definition) is 1. The minimum Gasteiger partial charge on any atom is -0.479 e. The monoisotopic (exact) mass is 246 g/mol. The summed E-state index contributed by atoms with van der Waals surface area (Å²) in [5, 5.41) is 9.29. The standard InChI is InChI=1S/C11H18O4S/c12-10(13)11(3-6-16-7-4-11)15-8-9-2-1-5-14-9/h9H,1-8H2,(H,12,13). The van der Waals surface area contributed by atoms with E-state index >= 15 is 0 Å². The molecule has 4 nitrogen and oxygen atoms in total. The van der Waals surface area contributed by atoms with Crippen molar-refractivity contribution in [3.05, 3.63) is 0 Å². The van der Waals surface area contributed by atoms with Crippen LogP contribution < -0.4 is 0 Å². The maximum Gasteiger partial charge on any atom is 0.336 e. The van der Waals surface area contributed by atoms with E-state index in [4.69, 9.17) is 9.47 Å². The van der Waals surface area contributed by atoms with Crippen LogP contribution in [0.3, 0.4) is 0 Å². The Bertz CT molecular complexity index is 244. The smallest absolute Gasteiger partial charge is 0.336 e. The molecule has 2 aliphatic rings. The zero-order valence-electron chi connectivity index (χ0n) is 9.31. The molecule has 2 heterocycles. The molecule has 2 fully saturated rings. The fraction of sp³-hybridized carbons (Fsp3) is 0.909. The fourth-order valence-corrected chi connectivity index (χ4v) is 3.30. The lowest BCUT2D eigenvalue weighted by Crippen LogP contribution is -2.46. The first-order chi connectivity index (χ1) is 7.73. The van der Waals surface area contributed by atoms with Gasteiger partial charge in [-0.25, -0.2) is 4.79 Å². The van der Waals surface area contributed by atoms with Crippen LogP contribution in [0, 0.1) is 0 Å². The summed E-state index contributed by atoms with van der Waals surface area (Å²) in [6, 6.07) is 0. The quantitative estimate of drug-likeness (QED) is 0.815. The molecule has 1 N–H and O–H groups in total. The average Bonchev–Trinajstić information content (AvgIpc) is 2.80. The number of carbonyl (C=O) groups is 1. The molecule has 0 saturated carbocycles. The highest BCUT2D eigenvalue weighted by Crippen LogP contribution is 2.31. The van der Waals surface area contributed by atoms with Gasteiger partial charge in [-0.1, -0.05) is 0 Å². The minimum atomic E-state index is -0.947. The molecule has 1 atom stereocenters. The maximum atomic E-state index is 11.3. The second-order valence-electron chi connectivity index (χ2n) is 4.36. The molecular weight excluding hydrogens is 228 g/mol. The summed E-state index contributed by atoms with van der Waals surface area (Å²) in [5.74, 6) is 0.932. The van der Waals surface area contributed by atoms with E-state index in [1.165, 1.54) is 0 Å². The predicted molar refractivity (Wildman–Crippen MR) is 61.9 cm³/mol. The molecular formula is C11H18O4S. The summed E-state index contributed by atoms with van der Waals surface area (Å²) >= 11 is 1.80. The highest BCUT2D eigenvalue weighted by Gasteiger charge is 2.41. The normalized spacial score (nSPS) is 29.1. The van der Waals surface area contributed by atoms with Crippen molar-refractivity contribution in [3.63, 3.8) is 0 Å². The molecule has 5 heteroatoms. The van der Waals surface area contributed by atoms with Crippen LogP contribution in [0.2, 0.25) is 0 Å². The maximum absolute atomic E-state index is 11.3. The van der Waals surface area contributed by atoms with Gasteiger partial charge in [0.05, 0.1) is 12.7 Å². The average molecular weight is 246 g/mol. The van der Waals surface area contributed by atoms with E-state index in [-0.39, 0.29) is 6.10 Å². The number of ether oxygens (including phenoxy) is 2. The zero-order chi connectivity index (χ0) is 11.4. The van der Waals surface area contributed by atoms with E-state index in [1.807, 2.05) is 0 Å². The Morgan fingerprint density at radius 1 is 1.50 bits per heavy atom. The lowest BCUT2D eigenvalue weighted by molar-refractivity contribution is -0.171. The Balaban J connectivity index is 1.88. The van der Waals surface area contributed by atoms with Crippen LogP contribution in [0.15, 0.2) is 0 Å². The van der Waals surface area contributed by atoms with Crippen LogP contribution >= 0.6 is 11.8 Å². The van der Waals surface area contributed by atoms with E-state index < -0.39 is 11.6 Å². The Kier molecular flexibility index (Phi) is 4.10. The van der Waals surface area contributed by atoms with Crippen LogP contribution in [0.4, 0.5) is 0 Å². The molecule has 0 amide bonds. The first-order valence-electron chi connectivity index (χ1n) is 5.80. The van der Waals surface area contributed by atoms with E-state index in [0.717, 1.165) is 31.0 Å². The van der Waals surface area contributed by atoms with Gasteiger partial charge in [0, 0.05) is 6.61 Å². The predicted octanol–water partition coefficient (Wildman–Crippen LogP) is 1.53. The summed E-state index contributed by atoms with van der Waals surface area (Å²) in [7, 11) is 0. The molecule has 0 spiro atoms. The summed E-state index contributed by atoms with van der Waals surface area (Å²) in [6.07, 6.45) is 3.37. The highest BCUT2D eigenvalue weighted by molar-refractivity contribution is 7.99. The zero-order valence-corrected chi connectivity index (χ0v) is 10.1. The van der Waals surface area contributed by atoms with E-state index in [9.17, 15) is 9.90 Å². The molecule has 2 rings (SSSR count). The Hall–Kier alpha value is -0.260. The number of rotatable bonds is 4. The van der Waals surface area contributed by atoms with Crippen LogP contribution in [-0.4, -0.2) is 47.5 Å². The Morgan fingerprint density at radius 2 is 2.25 bits per heavy atom. The van der Waals surface area contributed by atoms with Gasteiger partial charge >= 0.3 is 5.97 Å². The largest absolute Gasteiger partial charge is 0.479 e. The number of carboxylic acid groups (broad SMARTS) is 1. The van der Waals surface area contributed by atoms with Crippen molar-refractivity contribution in [1.29, 1.82) is 0 Å². The van der Waals surface area contributed by atoms with Crippen molar-refractivity contribution in [1.82, 2.24) is 0 Å². The molecule has 16 heavy (non-hydrogen) atoms. The van der Waals surface area contributed by atoms with Gasteiger partial charge < -0.3 is 14.6 Å².